The van der Waals surface area contributed by atoms with Crippen molar-refractivity contribution < 1.29 is 22.7 Å². The van der Waals surface area contributed by atoms with Gasteiger partial charge in [0.1, 0.15) is 19.0 Å². The van der Waals surface area contributed by atoms with Crippen LogP contribution in [-0.4, -0.2) is 37.4 Å². The van der Waals surface area contributed by atoms with E-state index < -0.39 is 16.0 Å². The zero-order valence-corrected chi connectivity index (χ0v) is 16.4. The van der Waals surface area contributed by atoms with Gasteiger partial charge in [-0.2, -0.15) is 5.10 Å². The van der Waals surface area contributed by atoms with E-state index in [1.54, 1.807) is 31.2 Å². The maximum Gasteiger partial charge on any atom is 0.359 e. The molecule has 10 heteroatoms. The zero-order valence-electron chi connectivity index (χ0n) is 15.6. The molecule has 0 unspecified atom stereocenters. The lowest BCUT2D eigenvalue weighted by molar-refractivity contribution is 0.0443. The molecule has 0 aliphatic carbocycles. The molecule has 0 saturated heterocycles. The Bertz CT molecular complexity index is 1200. The number of ether oxygens (including phenoxy) is 2. The molecule has 152 valence electrons. The van der Waals surface area contributed by atoms with E-state index in [0.717, 1.165) is 0 Å². The summed E-state index contributed by atoms with van der Waals surface area (Å²) in [5.41, 5.74) is -0.217. The Morgan fingerprint density at radius 1 is 1.07 bits per heavy atom. The topological polar surface area (TPSA) is 131 Å². The summed E-state index contributed by atoms with van der Waals surface area (Å²) in [6, 6.07) is 12.3. The summed E-state index contributed by atoms with van der Waals surface area (Å²) in [7, 11) is -3.77. The molecule has 29 heavy (non-hydrogen) atoms. The number of carbonyl (C=O) groups excluding carboxylic acids is 1. The highest BCUT2D eigenvalue weighted by Crippen LogP contribution is 2.16. The molecule has 1 aromatic heterocycles. The largest absolute Gasteiger partial charge is 0.490 e. The van der Waals surface area contributed by atoms with Crippen LogP contribution in [0.25, 0.3) is 10.8 Å². The number of rotatable bonds is 7. The molecule has 0 saturated carbocycles. The molecule has 1 heterocycles. The smallest absolute Gasteiger partial charge is 0.359 e. The van der Waals surface area contributed by atoms with Gasteiger partial charge in [0.05, 0.1) is 10.3 Å². The van der Waals surface area contributed by atoms with Gasteiger partial charge in [-0.05, 0) is 37.3 Å². The lowest BCUT2D eigenvalue weighted by Crippen LogP contribution is -2.26. The highest BCUT2D eigenvalue weighted by Gasteiger charge is 2.17. The molecule has 0 radical (unpaired) electrons. The first-order valence-corrected chi connectivity index (χ1v) is 10.3. The van der Waals surface area contributed by atoms with Crippen molar-refractivity contribution in [2.45, 2.75) is 18.4 Å². The van der Waals surface area contributed by atoms with Gasteiger partial charge in [0.25, 0.3) is 5.56 Å². The third-order valence-corrected chi connectivity index (χ3v) is 5.03. The maximum absolute atomic E-state index is 12.5. The van der Waals surface area contributed by atoms with Gasteiger partial charge in [0.2, 0.25) is 10.0 Å². The van der Waals surface area contributed by atoms with E-state index in [2.05, 4.69) is 5.10 Å². The number of esters is 1. The van der Waals surface area contributed by atoms with Crippen LogP contribution in [0, 0.1) is 0 Å². The van der Waals surface area contributed by atoms with Crippen LogP contribution in [0.15, 0.2) is 58.2 Å². The number of carbonyl (C=O) groups is 1. The van der Waals surface area contributed by atoms with Crippen molar-refractivity contribution in [1.29, 1.82) is 0 Å². The number of hydrogen-bond donors (Lipinski definition) is 1. The van der Waals surface area contributed by atoms with Gasteiger partial charge in [-0.25, -0.2) is 23.0 Å². The summed E-state index contributed by atoms with van der Waals surface area (Å²) < 4.78 is 34.3. The lowest BCUT2D eigenvalue weighted by atomic mass is 10.1. The average Bonchev–Trinajstić information content (AvgIpc) is 2.71. The predicted octanol–water partition coefficient (Wildman–Crippen LogP) is 1.30. The normalized spacial score (nSPS) is 11.4. The summed E-state index contributed by atoms with van der Waals surface area (Å²) in [4.78, 5) is 24.8. The molecule has 3 rings (SSSR count). The van der Waals surface area contributed by atoms with Gasteiger partial charge in [-0.3, -0.25) is 4.79 Å². The van der Waals surface area contributed by atoms with Crippen LogP contribution < -0.4 is 15.4 Å². The molecule has 0 aliphatic rings. The second kappa shape index (κ2) is 8.41. The predicted molar refractivity (Wildman–Crippen MR) is 105 cm³/mol. The van der Waals surface area contributed by atoms with Gasteiger partial charge in [0.15, 0.2) is 5.69 Å². The van der Waals surface area contributed by atoms with Crippen LogP contribution in [0.5, 0.6) is 5.75 Å². The summed E-state index contributed by atoms with van der Waals surface area (Å²) in [6.45, 7) is 2.07. The van der Waals surface area contributed by atoms with Gasteiger partial charge in [-0.1, -0.05) is 18.2 Å². The monoisotopic (exact) mass is 417 g/mol. The number of nitrogens with two attached hydrogens (primary N) is 1. The molecular weight excluding hydrogens is 398 g/mol. The minimum atomic E-state index is -3.77. The minimum Gasteiger partial charge on any atom is -0.490 e. The molecule has 9 nitrogen and oxygen atoms in total. The molecule has 0 fully saturated rings. The molecular formula is C19H19N3O6S. The summed E-state index contributed by atoms with van der Waals surface area (Å²) >= 11 is 0. The van der Waals surface area contributed by atoms with Gasteiger partial charge in [0, 0.05) is 11.9 Å². The third-order valence-electron chi connectivity index (χ3n) is 4.10. The summed E-state index contributed by atoms with van der Waals surface area (Å²) in [6.07, 6.45) is 0. The van der Waals surface area contributed by atoms with E-state index in [-0.39, 0.29) is 29.4 Å². The number of benzene rings is 2. The van der Waals surface area contributed by atoms with Crippen molar-refractivity contribution >= 4 is 26.8 Å². The average molecular weight is 417 g/mol. The number of fused-ring (bicyclic) bond motifs is 1. The fraction of sp³-hybridized carbons (Fsp3) is 0.211. The fourth-order valence-corrected chi connectivity index (χ4v) is 3.20. The van der Waals surface area contributed by atoms with Crippen LogP contribution in [0.2, 0.25) is 0 Å². The zero-order chi connectivity index (χ0) is 21.0. The van der Waals surface area contributed by atoms with Gasteiger partial charge < -0.3 is 9.47 Å². The van der Waals surface area contributed by atoms with Crippen molar-refractivity contribution in [3.8, 4) is 5.75 Å². The Labute approximate surface area is 166 Å². The van der Waals surface area contributed by atoms with Crippen LogP contribution in [0.1, 0.15) is 17.4 Å². The Kier molecular flexibility index (Phi) is 5.95. The lowest BCUT2D eigenvalue weighted by Gasteiger charge is -2.10. The Morgan fingerprint density at radius 2 is 1.72 bits per heavy atom. The Morgan fingerprint density at radius 3 is 2.34 bits per heavy atom. The first-order chi connectivity index (χ1) is 13.8. The number of sulfonamides is 1. The number of aryl methyl sites for hydroxylation is 1. The van der Waals surface area contributed by atoms with Crippen LogP contribution in [-0.2, 0) is 21.3 Å². The molecule has 0 amide bonds. The first kappa shape index (κ1) is 20.5. The van der Waals surface area contributed by atoms with E-state index in [1.165, 1.54) is 28.9 Å². The van der Waals surface area contributed by atoms with Gasteiger partial charge >= 0.3 is 5.97 Å². The molecule has 0 atom stereocenters. The highest BCUT2D eigenvalue weighted by atomic mass is 32.2. The molecule has 0 spiro atoms. The summed E-state index contributed by atoms with van der Waals surface area (Å²) in [5, 5.41) is 9.96. The van der Waals surface area contributed by atoms with Crippen LogP contribution in [0.3, 0.4) is 0 Å². The highest BCUT2D eigenvalue weighted by molar-refractivity contribution is 7.89. The Hall–Kier alpha value is -3.24. The minimum absolute atomic E-state index is 0.0275. The van der Waals surface area contributed by atoms with Crippen molar-refractivity contribution in [2.24, 2.45) is 5.14 Å². The number of hydrogen-bond acceptors (Lipinski definition) is 7. The standard InChI is InChI=1S/C19H19N3O6S/c1-2-22-18(23)16-6-4-3-5-15(16)17(21-22)19(24)28-12-11-27-13-7-9-14(10-8-13)29(20,25)26/h3-10H,2,11-12H2,1H3,(H2,20,25,26). The van der Waals surface area contributed by atoms with Crippen molar-refractivity contribution in [1.82, 2.24) is 9.78 Å². The molecule has 3 aromatic rings. The van der Waals surface area contributed by atoms with E-state index in [4.69, 9.17) is 14.6 Å². The molecule has 2 aromatic carbocycles. The van der Waals surface area contributed by atoms with Crippen LogP contribution in [0.4, 0.5) is 0 Å². The van der Waals surface area contributed by atoms with E-state index in [0.29, 0.717) is 23.1 Å². The second-order valence-electron chi connectivity index (χ2n) is 6.02. The quantitative estimate of drug-likeness (QED) is 0.453. The summed E-state index contributed by atoms with van der Waals surface area (Å²) in [5.74, 6) is -0.270. The molecule has 0 bridgehead atoms. The van der Waals surface area contributed by atoms with Crippen molar-refractivity contribution in [3.05, 3.63) is 64.6 Å². The second-order valence-corrected chi connectivity index (χ2v) is 7.58. The molecule has 2 N–H and O–H groups in total. The van der Waals surface area contributed by atoms with E-state index in [1.807, 2.05) is 0 Å². The SMILES string of the molecule is CCn1nc(C(=O)OCCOc2ccc(S(N)(=O)=O)cc2)c2ccccc2c1=O. The first-order valence-electron chi connectivity index (χ1n) is 8.74. The third kappa shape index (κ3) is 4.61. The van der Waals surface area contributed by atoms with E-state index >= 15 is 0 Å². The fourth-order valence-electron chi connectivity index (χ4n) is 2.69. The van der Waals surface area contributed by atoms with E-state index in [9.17, 15) is 18.0 Å². The van der Waals surface area contributed by atoms with Gasteiger partial charge in [-0.15, -0.1) is 0 Å². The number of primary sulfonamides is 1. The van der Waals surface area contributed by atoms with Crippen molar-refractivity contribution in [2.75, 3.05) is 13.2 Å². The van der Waals surface area contributed by atoms with Crippen molar-refractivity contribution in [3.63, 3.8) is 0 Å². The Balaban J connectivity index is 1.66. The molecule has 0 aliphatic heterocycles. The number of aromatic nitrogens is 2. The van der Waals surface area contributed by atoms with Crippen LogP contribution >= 0.6 is 0 Å². The maximum atomic E-state index is 12.5. The number of nitrogens with zero attached hydrogens (tertiary/aromatic N) is 2.